The van der Waals surface area contributed by atoms with E-state index in [9.17, 15) is 18.4 Å². The van der Waals surface area contributed by atoms with Crippen molar-refractivity contribution in [1.82, 2.24) is 4.90 Å². The third kappa shape index (κ3) is 4.35. The maximum Gasteiger partial charge on any atom is 0.254 e. The zero-order valence-corrected chi connectivity index (χ0v) is 12.8. The predicted octanol–water partition coefficient (Wildman–Crippen LogP) is 2.98. The zero-order chi connectivity index (χ0) is 17.0. The first-order chi connectivity index (χ1) is 10.9. The smallest absolute Gasteiger partial charge is 0.254 e. The Morgan fingerprint density at radius 3 is 2.52 bits per heavy atom. The van der Waals surface area contributed by atoms with Gasteiger partial charge in [-0.2, -0.15) is 0 Å². The molecule has 0 spiro atoms. The van der Waals surface area contributed by atoms with Gasteiger partial charge in [-0.1, -0.05) is 12.1 Å². The molecule has 0 aromatic heterocycles. The van der Waals surface area contributed by atoms with Crippen molar-refractivity contribution in [2.45, 2.75) is 6.92 Å². The summed E-state index contributed by atoms with van der Waals surface area (Å²) in [6.07, 6.45) is 0. The molecule has 0 saturated carbocycles. The Kier molecular flexibility index (Phi) is 5.05. The van der Waals surface area contributed by atoms with Crippen molar-refractivity contribution >= 4 is 17.5 Å². The summed E-state index contributed by atoms with van der Waals surface area (Å²) >= 11 is 0. The first kappa shape index (κ1) is 16.6. The van der Waals surface area contributed by atoms with E-state index < -0.39 is 23.4 Å². The maximum absolute atomic E-state index is 13.5. The lowest BCUT2D eigenvalue weighted by Gasteiger charge is -2.17. The molecule has 2 rings (SSSR count). The van der Waals surface area contributed by atoms with E-state index in [1.54, 1.807) is 6.92 Å². The van der Waals surface area contributed by atoms with Crippen molar-refractivity contribution < 1.29 is 18.4 Å². The zero-order valence-electron chi connectivity index (χ0n) is 12.8. The lowest BCUT2D eigenvalue weighted by molar-refractivity contribution is -0.116. The number of nitrogens with zero attached hydrogens (tertiary/aromatic N) is 1. The average molecular weight is 318 g/mol. The second-order valence-corrected chi connectivity index (χ2v) is 5.18. The van der Waals surface area contributed by atoms with Crippen LogP contribution in [0.4, 0.5) is 14.5 Å². The van der Waals surface area contributed by atoms with Crippen molar-refractivity contribution in [3.8, 4) is 0 Å². The second-order valence-electron chi connectivity index (χ2n) is 5.18. The summed E-state index contributed by atoms with van der Waals surface area (Å²) in [4.78, 5) is 25.2. The van der Waals surface area contributed by atoms with Gasteiger partial charge in [0.25, 0.3) is 5.91 Å². The third-order valence-electron chi connectivity index (χ3n) is 3.25. The molecule has 120 valence electrons. The van der Waals surface area contributed by atoms with Gasteiger partial charge in [0.1, 0.15) is 11.6 Å². The van der Waals surface area contributed by atoms with Gasteiger partial charge in [0.05, 0.1) is 6.54 Å². The van der Waals surface area contributed by atoms with Crippen LogP contribution in [-0.4, -0.2) is 30.3 Å². The highest BCUT2D eigenvalue weighted by molar-refractivity contribution is 5.99. The van der Waals surface area contributed by atoms with Gasteiger partial charge in [0.15, 0.2) is 0 Å². The number of anilines is 1. The molecule has 2 aromatic rings. The van der Waals surface area contributed by atoms with Gasteiger partial charge in [-0.3, -0.25) is 9.59 Å². The van der Waals surface area contributed by atoms with Crippen molar-refractivity contribution in [3.05, 3.63) is 65.2 Å². The molecule has 2 aromatic carbocycles. The van der Waals surface area contributed by atoms with Crippen molar-refractivity contribution in [2.24, 2.45) is 0 Å². The Labute approximate surface area is 132 Å². The number of amides is 2. The quantitative estimate of drug-likeness (QED) is 0.942. The van der Waals surface area contributed by atoms with Gasteiger partial charge < -0.3 is 10.2 Å². The Balaban J connectivity index is 2.00. The lowest BCUT2D eigenvalue weighted by atomic mass is 10.1. The van der Waals surface area contributed by atoms with E-state index in [1.165, 1.54) is 48.3 Å². The van der Waals surface area contributed by atoms with E-state index in [0.29, 0.717) is 11.3 Å². The largest absolute Gasteiger partial charge is 0.332 e. The lowest BCUT2D eigenvalue weighted by Crippen LogP contribution is -2.35. The summed E-state index contributed by atoms with van der Waals surface area (Å²) < 4.78 is 26.6. The molecule has 0 saturated heterocycles. The predicted molar refractivity (Wildman–Crippen MR) is 83.1 cm³/mol. The Hall–Kier alpha value is -2.76. The molecule has 0 unspecified atom stereocenters. The minimum atomic E-state index is -0.478. The van der Waals surface area contributed by atoms with Crippen LogP contribution in [0, 0.1) is 18.6 Å². The molecule has 1 N–H and O–H groups in total. The number of hydrogen-bond acceptors (Lipinski definition) is 2. The minimum absolute atomic E-state index is 0.161. The fourth-order valence-electron chi connectivity index (χ4n) is 2.00. The molecule has 0 aliphatic heterocycles. The molecule has 0 fully saturated rings. The summed E-state index contributed by atoms with van der Waals surface area (Å²) in [5, 5.41) is 2.49. The van der Waals surface area contributed by atoms with Gasteiger partial charge in [0.2, 0.25) is 5.91 Å². The number of likely N-dealkylation sites (N-methyl/N-ethyl adjacent to an activating group) is 1. The van der Waals surface area contributed by atoms with E-state index in [-0.39, 0.29) is 12.1 Å². The first-order valence-corrected chi connectivity index (χ1v) is 6.94. The van der Waals surface area contributed by atoms with Gasteiger partial charge in [-0.05, 0) is 42.8 Å². The van der Waals surface area contributed by atoms with Crippen LogP contribution in [0.5, 0.6) is 0 Å². The second kappa shape index (κ2) is 7.00. The number of aryl methyl sites for hydroxylation is 1. The molecular formula is C17H16F2N2O2. The van der Waals surface area contributed by atoms with Gasteiger partial charge >= 0.3 is 0 Å². The summed E-state index contributed by atoms with van der Waals surface area (Å²) in [6, 6.07) is 9.59. The number of hydrogen-bond donors (Lipinski definition) is 1. The van der Waals surface area contributed by atoms with Crippen LogP contribution in [0.1, 0.15) is 15.9 Å². The van der Waals surface area contributed by atoms with Crippen LogP contribution in [0.2, 0.25) is 0 Å². The molecule has 4 nitrogen and oxygen atoms in total. The fourth-order valence-corrected chi connectivity index (χ4v) is 2.00. The molecule has 6 heteroatoms. The normalized spacial score (nSPS) is 10.3. The summed E-state index contributed by atoms with van der Waals surface area (Å²) in [5.74, 6) is -1.90. The van der Waals surface area contributed by atoms with Crippen LogP contribution >= 0.6 is 0 Å². The monoisotopic (exact) mass is 318 g/mol. The average Bonchev–Trinajstić information content (AvgIpc) is 2.49. The van der Waals surface area contributed by atoms with Crippen molar-refractivity contribution in [2.75, 3.05) is 18.9 Å². The van der Waals surface area contributed by atoms with E-state index in [1.807, 2.05) is 0 Å². The van der Waals surface area contributed by atoms with Gasteiger partial charge in [0, 0.05) is 18.3 Å². The highest BCUT2D eigenvalue weighted by Crippen LogP contribution is 2.12. The van der Waals surface area contributed by atoms with E-state index in [0.717, 1.165) is 6.07 Å². The Morgan fingerprint density at radius 1 is 1.13 bits per heavy atom. The molecule has 2 amide bonds. The number of halogens is 2. The third-order valence-corrected chi connectivity index (χ3v) is 3.25. The summed E-state index contributed by atoms with van der Waals surface area (Å²) in [5.41, 5.74) is 0.902. The summed E-state index contributed by atoms with van der Waals surface area (Å²) in [7, 11) is 1.44. The maximum atomic E-state index is 13.5. The van der Waals surface area contributed by atoms with Crippen LogP contribution < -0.4 is 5.32 Å². The van der Waals surface area contributed by atoms with Crippen LogP contribution in [0.3, 0.4) is 0 Å². The Morgan fingerprint density at radius 2 is 1.87 bits per heavy atom. The van der Waals surface area contributed by atoms with Crippen LogP contribution in [0.15, 0.2) is 42.5 Å². The number of nitrogens with one attached hydrogen (secondary N) is 1. The molecule has 0 heterocycles. The van der Waals surface area contributed by atoms with Crippen molar-refractivity contribution in [3.63, 3.8) is 0 Å². The van der Waals surface area contributed by atoms with Crippen LogP contribution in [-0.2, 0) is 4.79 Å². The van der Waals surface area contributed by atoms with E-state index in [4.69, 9.17) is 0 Å². The van der Waals surface area contributed by atoms with Crippen LogP contribution in [0.25, 0.3) is 0 Å². The number of rotatable bonds is 4. The first-order valence-electron chi connectivity index (χ1n) is 6.94. The van der Waals surface area contributed by atoms with Gasteiger partial charge in [-0.15, -0.1) is 0 Å². The van der Waals surface area contributed by atoms with E-state index in [2.05, 4.69) is 5.32 Å². The highest BCUT2D eigenvalue weighted by atomic mass is 19.1. The SMILES string of the molecule is Cc1ccc(C(=O)N(C)CC(=O)Nc2cccc(F)c2)cc1F. The standard InChI is InChI=1S/C17H16F2N2O2/c1-11-6-7-12(8-15(11)19)17(23)21(2)10-16(22)20-14-5-3-4-13(18)9-14/h3-9H,10H2,1-2H3,(H,20,22). The van der Waals surface area contributed by atoms with E-state index >= 15 is 0 Å². The Bertz CT molecular complexity index is 747. The molecule has 23 heavy (non-hydrogen) atoms. The molecule has 0 aliphatic carbocycles. The molecule has 0 radical (unpaired) electrons. The number of benzene rings is 2. The van der Waals surface area contributed by atoms with Crippen molar-refractivity contribution in [1.29, 1.82) is 0 Å². The molecule has 0 aliphatic rings. The molecular weight excluding hydrogens is 302 g/mol. The number of carbonyl (C=O) groups excluding carboxylic acids is 2. The molecule has 0 bridgehead atoms. The topological polar surface area (TPSA) is 49.4 Å². The summed E-state index contributed by atoms with van der Waals surface area (Å²) in [6.45, 7) is 1.37. The highest BCUT2D eigenvalue weighted by Gasteiger charge is 2.16. The molecule has 0 atom stereocenters. The fraction of sp³-hybridized carbons (Fsp3) is 0.176. The number of carbonyl (C=O) groups is 2. The minimum Gasteiger partial charge on any atom is -0.332 e. The van der Waals surface area contributed by atoms with Gasteiger partial charge in [-0.25, -0.2) is 8.78 Å².